The number of hydrogen-bond acceptors (Lipinski definition) is 5. The molecular weight excluding hydrogens is 322 g/mol. The lowest BCUT2D eigenvalue weighted by atomic mass is 10.2. The number of sulfone groups is 1. The fraction of sp³-hybridized carbons (Fsp3) is 0.357. The molecule has 1 aliphatic heterocycles. The molecule has 9 heteroatoms. The van der Waals surface area contributed by atoms with Crippen LogP contribution < -0.4 is 5.32 Å². The Morgan fingerprint density at radius 2 is 2.17 bits per heavy atom. The number of carbonyl (C=O) groups excluding carboxylic acids is 1. The van der Waals surface area contributed by atoms with Gasteiger partial charge < -0.3 is 9.88 Å². The fourth-order valence-electron chi connectivity index (χ4n) is 2.84. The van der Waals surface area contributed by atoms with Crippen LogP contribution in [0, 0.1) is 10.1 Å². The van der Waals surface area contributed by atoms with Crippen molar-refractivity contribution in [2.75, 3.05) is 11.5 Å². The third-order valence-corrected chi connectivity index (χ3v) is 5.67. The average molecular weight is 337 g/mol. The van der Waals surface area contributed by atoms with Gasteiger partial charge in [0.05, 0.1) is 27.3 Å². The van der Waals surface area contributed by atoms with E-state index < -0.39 is 14.8 Å². The van der Waals surface area contributed by atoms with E-state index in [1.807, 2.05) is 0 Å². The Hall–Kier alpha value is -2.42. The van der Waals surface area contributed by atoms with Crippen LogP contribution in [0.15, 0.2) is 30.5 Å². The highest BCUT2D eigenvalue weighted by Crippen LogP contribution is 2.26. The Labute approximate surface area is 132 Å². The molecule has 122 valence electrons. The summed E-state index contributed by atoms with van der Waals surface area (Å²) in [6.07, 6.45) is 2.04. The summed E-state index contributed by atoms with van der Waals surface area (Å²) in [6, 6.07) is 5.92. The summed E-state index contributed by atoms with van der Waals surface area (Å²) < 4.78 is 24.4. The average Bonchev–Trinajstić information content (AvgIpc) is 3.02. The maximum Gasteiger partial charge on any atom is 0.278 e. The second-order valence-electron chi connectivity index (χ2n) is 5.58. The first-order chi connectivity index (χ1) is 10.9. The Bertz CT molecular complexity index is 887. The summed E-state index contributed by atoms with van der Waals surface area (Å²) in [7, 11) is -3.05. The topological polar surface area (TPSA) is 111 Å². The third-order valence-electron chi connectivity index (χ3n) is 3.90. The highest BCUT2D eigenvalue weighted by atomic mass is 32.2. The predicted octanol–water partition coefficient (Wildman–Crippen LogP) is 0.853. The van der Waals surface area contributed by atoms with Crippen molar-refractivity contribution in [3.8, 4) is 0 Å². The number of rotatable bonds is 4. The maximum atomic E-state index is 12.1. The lowest BCUT2D eigenvalue weighted by Gasteiger charge is -2.11. The van der Waals surface area contributed by atoms with Crippen molar-refractivity contribution in [2.45, 2.75) is 19.0 Å². The van der Waals surface area contributed by atoms with Crippen LogP contribution in [-0.2, 0) is 21.2 Å². The van der Waals surface area contributed by atoms with Gasteiger partial charge in [0.25, 0.3) is 5.69 Å². The van der Waals surface area contributed by atoms with Gasteiger partial charge in [0.2, 0.25) is 5.91 Å². The molecule has 0 aliphatic carbocycles. The van der Waals surface area contributed by atoms with E-state index in [-0.39, 0.29) is 35.7 Å². The molecule has 23 heavy (non-hydrogen) atoms. The molecule has 8 nitrogen and oxygen atoms in total. The van der Waals surface area contributed by atoms with Crippen molar-refractivity contribution in [1.29, 1.82) is 0 Å². The van der Waals surface area contributed by atoms with Crippen molar-refractivity contribution in [1.82, 2.24) is 9.88 Å². The van der Waals surface area contributed by atoms with Gasteiger partial charge in [-0.3, -0.25) is 14.9 Å². The zero-order chi connectivity index (χ0) is 16.6. The number of carbonyl (C=O) groups is 1. The number of hydrogen-bond donors (Lipinski definition) is 1. The second kappa shape index (κ2) is 5.65. The first kappa shape index (κ1) is 15.5. The number of fused-ring (bicyclic) bond motifs is 1. The Morgan fingerprint density at radius 1 is 1.39 bits per heavy atom. The van der Waals surface area contributed by atoms with Gasteiger partial charge in [-0.1, -0.05) is 6.07 Å². The van der Waals surface area contributed by atoms with Gasteiger partial charge >= 0.3 is 0 Å². The van der Waals surface area contributed by atoms with Crippen LogP contribution in [0.3, 0.4) is 0 Å². The van der Waals surface area contributed by atoms with E-state index in [4.69, 9.17) is 0 Å². The van der Waals surface area contributed by atoms with Gasteiger partial charge in [0.15, 0.2) is 9.84 Å². The molecule has 1 aliphatic rings. The summed E-state index contributed by atoms with van der Waals surface area (Å²) in [5.41, 5.74) is 0.580. The number of non-ortho nitro benzene ring substituents is 1. The molecule has 1 unspecified atom stereocenters. The van der Waals surface area contributed by atoms with Gasteiger partial charge in [-0.25, -0.2) is 8.42 Å². The molecule has 2 aromatic rings. The minimum atomic E-state index is -3.05. The Morgan fingerprint density at radius 3 is 2.83 bits per heavy atom. The highest BCUT2D eigenvalue weighted by Gasteiger charge is 2.29. The first-order valence-electron chi connectivity index (χ1n) is 7.08. The number of nitro benzene ring substituents is 1. The normalized spacial score (nSPS) is 19.7. The number of amides is 1. The van der Waals surface area contributed by atoms with E-state index in [1.54, 1.807) is 29.0 Å². The van der Waals surface area contributed by atoms with E-state index >= 15 is 0 Å². The third kappa shape index (κ3) is 3.19. The molecule has 0 spiro atoms. The predicted molar refractivity (Wildman–Crippen MR) is 83.8 cm³/mol. The molecule has 1 aromatic heterocycles. The molecular formula is C14H15N3O5S. The number of benzene rings is 1. The van der Waals surface area contributed by atoms with E-state index in [0.717, 1.165) is 0 Å². The lowest BCUT2D eigenvalue weighted by Crippen LogP contribution is -2.37. The van der Waals surface area contributed by atoms with Crippen molar-refractivity contribution in [2.24, 2.45) is 0 Å². The van der Waals surface area contributed by atoms with E-state index in [9.17, 15) is 23.3 Å². The van der Waals surface area contributed by atoms with Gasteiger partial charge in [-0.05, 0) is 18.6 Å². The van der Waals surface area contributed by atoms with Crippen LogP contribution in [0.5, 0.6) is 0 Å². The van der Waals surface area contributed by atoms with Crippen LogP contribution in [0.1, 0.15) is 6.42 Å². The molecule has 0 saturated carbocycles. The molecule has 2 heterocycles. The monoisotopic (exact) mass is 337 g/mol. The number of nitro groups is 1. The zero-order valence-corrected chi connectivity index (χ0v) is 13.0. The molecule has 1 N–H and O–H groups in total. The second-order valence-corrected chi connectivity index (χ2v) is 7.81. The maximum absolute atomic E-state index is 12.1. The smallest absolute Gasteiger partial charge is 0.278 e. The molecule has 1 aromatic carbocycles. The SMILES string of the molecule is O=C(Cn1ccc2c([N+](=O)[O-])cccc21)NC1CCS(=O)(=O)C1. The fourth-order valence-corrected chi connectivity index (χ4v) is 4.51. The number of aromatic nitrogens is 1. The summed E-state index contributed by atoms with van der Waals surface area (Å²) in [5, 5.41) is 14.2. The largest absolute Gasteiger partial charge is 0.351 e. The van der Waals surface area contributed by atoms with Gasteiger partial charge in [-0.15, -0.1) is 0 Å². The quantitative estimate of drug-likeness (QED) is 0.657. The van der Waals surface area contributed by atoms with Gasteiger partial charge in [0, 0.05) is 18.3 Å². The summed E-state index contributed by atoms with van der Waals surface area (Å²) in [6.45, 7) is -0.0127. The minimum absolute atomic E-state index is 0.0106. The van der Waals surface area contributed by atoms with Crippen LogP contribution in [0.25, 0.3) is 10.9 Å². The Balaban J connectivity index is 1.76. The highest BCUT2D eigenvalue weighted by molar-refractivity contribution is 7.91. The summed E-state index contributed by atoms with van der Waals surface area (Å²) in [5.74, 6) is -0.246. The summed E-state index contributed by atoms with van der Waals surface area (Å²) >= 11 is 0. The Kier molecular flexibility index (Phi) is 3.80. The van der Waals surface area contributed by atoms with Crippen LogP contribution in [0.2, 0.25) is 0 Å². The van der Waals surface area contributed by atoms with Crippen LogP contribution in [-0.4, -0.2) is 41.4 Å². The zero-order valence-electron chi connectivity index (χ0n) is 12.1. The van der Waals surface area contributed by atoms with Crippen molar-refractivity contribution >= 4 is 32.3 Å². The molecule has 0 bridgehead atoms. The summed E-state index contributed by atoms with van der Waals surface area (Å²) in [4.78, 5) is 22.6. The molecule has 3 rings (SSSR count). The minimum Gasteiger partial charge on any atom is -0.351 e. The molecule has 0 radical (unpaired) electrons. The molecule has 1 atom stereocenters. The van der Waals surface area contributed by atoms with Crippen LogP contribution >= 0.6 is 0 Å². The van der Waals surface area contributed by atoms with Crippen molar-refractivity contribution in [3.05, 3.63) is 40.6 Å². The molecule has 1 saturated heterocycles. The van der Waals surface area contributed by atoms with Gasteiger partial charge in [0.1, 0.15) is 6.54 Å². The van der Waals surface area contributed by atoms with E-state index in [0.29, 0.717) is 17.3 Å². The van der Waals surface area contributed by atoms with E-state index in [1.165, 1.54) is 6.07 Å². The van der Waals surface area contributed by atoms with Crippen LogP contribution in [0.4, 0.5) is 5.69 Å². The number of nitrogens with one attached hydrogen (secondary N) is 1. The molecule has 1 fully saturated rings. The van der Waals surface area contributed by atoms with Crippen molar-refractivity contribution < 1.29 is 18.1 Å². The molecule has 1 amide bonds. The standard InChI is InChI=1S/C14H15N3O5S/c18-14(15-10-5-7-23(21,22)9-10)8-16-6-4-11-12(16)2-1-3-13(11)17(19)20/h1-4,6,10H,5,7-9H2,(H,15,18). The first-order valence-corrected chi connectivity index (χ1v) is 8.90. The van der Waals surface area contributed by atoms with Gasteiger partial charge in [-0.2, -0.15) is 0 Å². The number of nitrogens with zero attached hydrogens (tertiary/aromatic N) is 2. The van der Waals surface area contributed by atoms with Crippen molar-refractivity contribution in [3.63, 3.8) is 0 Å². The van der Waals surface area contributed by atoms with E-state index in [2.05, 4.69) is 5.32 Å². The lowest BCUT2D eigenvalue weighted by molar-refractivity contribution is -0.383.